The Hall–Kier alpha value is -2.96. The zero-order valence-corrected chi connectivity index (χ0v) is 15.2. The van der Waals surface area contributed by atoms with Crippen LogP contribution in [-0.4, -0.2) is 27.1 Å². The number of benzene rings is 2. The summed E-state index contributed by atoms with van der Waals surface area (Å²) in [6.45, 7) is 0. The van der Waals surface area contributed by atoms with E-state index in [1.807, 2.05) is 0 Å². The largest absolute Gasteiger partial charge is 0.501 e. The number of anilines is 2. The molecule has 2 rings (SSSR count). The topological polar surface area (TPSA) is 84.5 Å². The molecule has 13 heteroatoms. The maximum absolute atomic E-state index is 13.0. The summed E-state index contributed by atoms with van der Waals surface area (Å²) in [6.07, 6.45) is -4.74. The van der Waals surface area contributed by atoms with Crippen molar-refractivity contribution in [3.05, 3.63) is 48.0 Å². The number of alkyl halides is 6. The Bertz CT molecular complexity index is 1000. The predicted molar refractivity (Wildman–Crippen MR) is 90.3 cm³/mol. The van der Waals surface area contributed by atoms with E-state index in [-0.39, 0.29) is 11.4 Å². The minimum absolute atomic E-state index is 0.0896. The number of amides is 2. The SMILES string of the molecule is COc1ccc(NC(=O)Nc2ccc(S(=O)(=O)C(F)(F)F)cc2)cc1C(F)(F)F. The molecule has 0 fully saturated rings. The molecule has 2 N–H and O–H groups in total. The van der Waals surface area contributed by atoms with Crippen LogP contribution in [0, 0.1) is 0 Å². The number of ether oxygens (including phenoxy) is 1. The van der Waals surface area contributed by atoms with Crippen LogP contribution in [0.5, 0.6) is 5.75 Å². The van der Waals surface area contributed by atoms with Gasteiger partial charge in [0, 0.05) is 11.4 Å². The van der Waals surface area contributed by atoms with Gasteiger partial charge in [0.05, 0.1) is 17.6 Å². The molecule has 0 spiro atoms. The summed E-state index contributed by atoms with van der Waals surface area (Å²) in [5.74, 6) is -0.454. The van der Waals surface area contributed by atoms with Crippen LogP contribution in [0.3, 0.4) is 0 Å². The Labute approximate surface area is 160 Å². The van der Waals surface area contributed by atoms with Crippen molar-refractivity contribution in [2.24, 2.45) is 0 Å². The molecule has 0 aliphatic rings. The fourth-order valence-corrected chi connectivity index (χ4v) is 2.91. The summed E-state index contributed by atoms with van der Waals surface area (Å²) < 4.78 is 104. The highest BCUT2D eigenvalue weighted by Gasteiger charge is 2.46. The Morgan fingerprint density at radius 2 is 1.41 bits per heavy atom. The van der Waals surface area contributed by atoms with Gasteiger partial charge in [-0.1, -0.05) is 0 Å². The lowest BCUT2D eigenvalue weighted by molar-refractivity contribution is -0.138. The first-order valence-electron chi connectivity index (χ1n) is 7.50. The number of halogens is 6. The van der Waals surface area contributed by atoms with Crippen molar-refractivity contribution in [2.75, 3.05) is 17.7 Å². The molecule has 6 nitrogen and oxygen atoms in total. The molecule has 0 radical (unpaired) electrons. The fraction of sp³-hybridized carbons (Fsp3) is 0.188. The van der Waals surface area contributed by atoms with Gasteiger partial charge in [-0.3, -0.25) is 0 Å². The van der Waals surface area contributed by atoms with Gasteiger partial charge in [-0.05, 0) is 42.5 Å². The molecule has 2 aromatic rings. The Kier molecular flexibility index (Phi) is 6.02. The fourth-order valence-electron chi connectivity index (χ4n) is 2.15. The summed E-state index contributed by atoms with van der Waals surface area (Å²) in [4.78, 5) is 10.9. The lowest BCUT2D eigenvalue weighted by Crippen LogP contribution is -2.23. The van der Waals surface area contributed by atoms with Crippen LogP contribution in [0.15, 0.2) is 47.4 Å². The van der Waals surface area contributed by atoms with Gasteiger partial charge in [-0.15, -0.1) is 0 Å². The number of carbonyl (C=O) groups is 1. The van der Waals surface area contributed by atoms with Crippen molar-refractivity contribution in [1.82, 2.24) is 0 Å². The molecule has 0 unspecified atom stereocenters. The van der Waals surface area contributed by atoms with E-state index in [9.17, 15) is 39.6 Å². The van der Waals surface area contributed by atoms with Crippen molar-refractivity contribution < 1.29 is 44.3 Å². The molecule has 0 aliphatic carbocycles. The van der Waals surface area contributed by atoms with Crippen LogP contribution in [0.25, 0.3) is 0 Å². The van der Waals surface area contributed by atoms with E-state index >= 15 is 0 Å². The van der Waals surface area contributed by atoms with E-state index in [0.717, 1.165) is 31.4 Å². The van der Waals surface area contributed by atoms with Crippen molar-refractivity contribution in [3.63, 3.8) is 0 Å². The van der Waals surface area contributed by atoms with Gasteiger partial charge in [-0.25, -0.2) is 13.2 Å². The molecule has 29 heavy (non-hydrogen) atoms. The van der Waals surface area contributed by atoms with Crippen LogP contribution in [0.2, 0.25) is 0 Å². The average molecular weight is 442 g/mol. The van der Waals surface area contributed by atoms with Crippen LogP contribution in [0.4, 0.5) is 42.5 Å². The van der Waals surface area contributed by atoms with E-state index in [4.69, 9.17) is 0 Å². The molecular formula is C16H12F6N2O4S. The van der Waals surface area contributed by atoms with Gasteiger partial charge in [-0.2, -0.15) is 26.3 Å². The predicted octanol–water partition coefficient (Wildman–Crippen LogP) is 4.65. The molecule has 0 saturated heterocycles. The van der Waals surface area contributed by atoms with Gasteiger partial charge >= 0.3 is 17.7 Å². The van der Waals surface area contributed by atoms with E-state index in [1.165, 1.54) is 0 Å². The Balaban J connectivity index is 2.14. The van der Waals surface area contributed by atoms with Gasteiger partial charge in [0.15, 0.2) is 0 Å². The first kappa shape index (κ1) is 22.3. The van der Waals surface area contributed by atoms with E-state index in [2.05, 4.69) is 15.4 Å². The third-order valence-electron chi connectivity index (χ3n) is 3.49. The molecule has 0 aliphatic heterocycles. The third-order valence-corrected chi connectivity index (χ3v) is 4.99. The zero-order chi connectivity index (χ0) is 22.0. The molecule has 0 saturated carbocycles. The normalized spacial score (nSPS) is 12.4. The van der Waals surface area contributed by atoms with Crippen LogP contribution in [0.1, 0.15) is 5.56 Å². The summed E-state index contributed by atoms with van der Waals surface area (Å²) in [7, 11) is -4.49. The number of urea groups is 1. The zero-order valence-electron chi connectivity index (χ0n) is 14.4. The smallest absolute Gasteiger partial charge is 0.496 e. The van der Waals surface area contributed by atoms with Gasteiger partial charge < -0.3 is 15.4 Å². The maximum atomic E-state index is 13.0. The number of rotatable bonds is 4. The van der Waals surface area contributed by atoms with Gasteiger partial charge in [0.25, 0.3) is 9.84 Å². The summed E-state index contributed by atoms with van der Waals surface area (Å²) in [5, 5.41) is 4.28. The monoisotopic (exact) mass is 442 g/mol. The second-order valence-corrected chi connectivity index (χ2v) is 7.41. The molecular weight excluding hydrogens is 430 g/mol. The highest BCUT2D eigenvalue weighted by Crippen LogP contribution is 2.37. The number of carbonyl (C=O) groups excluding carboxylic acids is 1. The Morgan fingerprint density at radius 1 is 0.897 bits per heavy atom. The van der Waals surface area contributed by atoms with E-state index < -0.39 is 43.8 Å². The van der Waals surface area contributed by atoms with Crippen LogP contribution in [-0.2, 0) is 16.0 Å². The molecule has 158 valence electrons. The molecule has 0 heterocycles. The van der Waals surface area contributed by atoms with Crippen molar-refractivity contribution >= 4 is 27.2 Å². The number of methoxy groups -OCH3 is 1. The highest BCUT2D eigenvalue weighted by molar-refractivity contribution is 7.92. The molecule has 0 bridgehead atoms. The third kappa shape index (κ3) is 5.10. The van der Waals surface area contributed by atoms with Crippen LogP contribution < -0.4 is 15.4 Å². The molecule has 2 amide bonds. The van der Waals surface area contributed by atoms with Crippen molar-refractivity contribution in [3.8, 4) is 5.75 Å². The molecule has 2 aromatic carbocycles. The van der Waals surface area contributed by atoms with Crippen molar-refractivity contribution in [2.45, 2.75) is 16.6 Å². The quantitative estimate of drug-likeness (QED) is 0.675. The number of sulfone groups is 1. The van der Waals surface area contributed by atoms with E-state index in [1.54, 1.807) is 0 Å². The second kappa shape index (κ2) is 7.81. The highest BCUT2D eigenvalue weighted by atomic mass is 32.2. The summed E-state index contributed by atoms with van der Waals surface area (Å²) in [6, 6.07) is 4.83. The summed E-state index contributed by atoms with van der Waals surface area (Å²) >= 11 is 0. The van der Waals surface area contributed by atoms with Gasteiger partial charge in [0.1, 0.15) is 5.75 Å². The molecule has 0 atom stereocenters. The van der Waals surface area contributed by atoms with Crippen molar-refractivity contribution in [1.29, 1.82) is 0 Å². The van der Waals surface area contributed by atoms with Gasteiger partial charge in [0.2, 0.25) is 0 Å². The number of nitrogens with one attached hydrogen (secondary N) is 2. The molecule has 0 aromatic heterocycles. The van der Waals surface area contributed by atoms with E-state index in [0.29, 0.717) is 18.2 Å². The van der Waals surface area contributed by atoms with Crippen LogP contribution >= 0.6 is 0 Å². The number of hydrogen-bond acceptors (Lipinski definition) is 4. The first-order valence-corrected chi connectivity index (χ1v) is 8.98. The minimum atomic E-state index is -5.54. The Morgan fingerprint density at radius 3 is 1.90 bits per heavy atom. The lowest BCUT2D eigenvalue weighted by Gasteiger charge is -2.14. The maximum Gasteiger partial charge on any atom is 0.501 e. The average Bonchev–Trinajstić information content (AvgIpc) is 2.60. The minimum Gasteiger partial charge on any atom is -0.496 e. The summed E-state index contributed by atoms with van der Waals surface area (Å²) in [5.41, 5.74) is -6.93. The first-order chi connectivity index (χ1) is 13.3. The lowest BCUT2D eigenvalue weighted by atomic mass is 10.1. The standard InChI is InChI=1S/C16H12F6N2O4S/c1-28-13-7-4-10(8-12(13)15(17,18)19)24-14(25)23-9-2-5-11(6-3-9)29(26,27)16(20,21)22/h2-8H,1H3,(H2,23,24,25). The second-order valence-electron chi connectivity index (χ2n) is 5.47. The number of hydrogen-bond donors (Lipinski definition) is 2.